The van der Waals surface area contributed by atoms with E-state index in [1.807, 2.05) is 0 Å². The van der Waals surface area contributed by atoms with Gasteiger partial charge in [0, 0.05) is 0 Å². The summed E-state index contributed by atoms with van der Waals surface area (Å²) in [6, 6.07) is 0. The minimum absolute atomic E-state index is 0.294. The Hall–Kier alpha value is -0.210. The monoisotopic (exact) mass is 226 g/mol. The molecule has 1 aliphatic heterocycles. The van der Waals surface area contributed by atoms with Crippen LogP contribution in [0.1, 0.15) is 32.1 Å². The van der Waals surface area contributed by atoms with Gasteiger partial charge in [-0.05, 0) is 61.3 Å². The van der Waals surface area contributed by atoms with Gasteiger partial charge >= 0.3 is 0 Å². The lowest BCUT2D eigenvalue weighted by molar-refractivity contribution is -0.355. The lowest BCUT2D eigenvalue weighted by Gasteiger charge is -2.52. The number of allylic oxidation sites excluding steroid dienone is 1. The smallest absolute Gasteiger partial charge is 0.238 e. The zero-order valence-corrected chi connectivity index (χ0v) is 9.37. The van der Waals surface area contributed by atoms with Gasteiger partial charge in [0.2, 0.25) is 5.56 Å². The predicted molar refractivity (Wildman–Crippen MR) is 55.9 cm³/mol. The number of alkyl halides is 1. The van der Waals surface area contributed by atoms with Gasteiger partial charge in [0.05, 0.1) is 0 Å². The highest BCUT2D eigenvalue weighted by Crippen LogP contribution is 2.58. The van der Waals surface area contributed by atoms with Crippen LogP contribution < -0.4 is 0 Å². The second-order valence-electron chi connectivity index (χ2n) is 5.62. The van der Waals surface area contributed by atoms with E-state index in [0.717, 1.165) is 29.4 Å². The Labute approximate surface area is 94.5 Å². The van der Waals surface area contributed by atoms with Gasteiger partial charge in [-0.2, -0.15) is 4.89 Å². The summed E-state index contributed by atoms with van der Waals surface area (Å²) in [6.07, 6.45) is 6.98. The molecule has 1 unspecified atom stereocenters. The zero-order chi connectivity index (χ0) is 9.99. The van der Waals surface area contributed by atoms with Crippen molar-refractivity contribution in [2.45, 2.75) is 37.7 Å². The third-order valence-electron chi connectivity index (χ3n) is 4.73. The van der Waals surface area contributed by atoms with Crippen LogP contribution in [0.4, 0.5) is 0 Å². The van der Waals surface area contributed by atoms with Gasteiger partial charge in [0.1, 0.15) is 0 Å². The molecule has 0 radical (unpaired) electrons. The summed E-state index contributed by atoms with van der Waals surface area (Å²) in [7, 11) is 0. The number of rotatable bonds is 0. The van der Waals surface area contributed by atoms with E-state index >= 15 is 0 Å². The van der Waals surface area contributed by atoms with Crippen LogP contribution in [-0.4, -0.2) is 5.56 Å². The first-order valence-corrected chi connectivity index (χ1v) is 6.46. The standard InChI is InChI=1S/C12H15ClO2/c13-12-11(14-15-12)10-8-2-6-1-7(4-8)5-9(10)3-6/h6-9,12H,1-5H2. The van der Waals surface area contributed by atoms with Crippen LogP contribution in [0.5, 0.6) is 0 Å². The summed E-state index contributed by atoms with van der Waals surface area (Å²) in [4.78, 5) is 9.92. The van der Waals surface area contributed by atoms with E-state index in [9.17, 15) is 0 Å². The highest BCUT2D eigenvalue weighted by atomic mass is 35.5. The van der Waals surface area contributed by atoms with Gasteiger partial charge in [-0.1, -0.05) is 11.6 Å². The molecule has 15 heavy (non-hydrogen) atoms. The molecule has 0 aromatic carbocycles. The van der Waals surface area contributed by atoms with Crippen LogP contribution >= 0.6 is 11.6 Å². The minimum Gasteiger partial charge on any atom is -0.336 e. The Kier molecular flexibility index (Phi) is 1.73. The van der Waals surface area contributed by atoms with E-state index < -0.39 is 0 Å². The van der Waals surface area contributed by atoms with Crippen LogP contribution in [0, 0.1) is 23.7 Å². The van der Waals surface area contributed by atoms with E-state index in [0.29, 0.717) is 0 Å². The molecule has 1 saturated heterocycles. The minimum atomic E-state index is -0.294. The van der Waals surface area contributed by atoms with E-state index in [-0.39, 0.29) is 5.56 Å². The molecule has 0 spiro atoms. The van der Waals surface area contributed by atoms with Crippen molar-refractivity contribution in [1.82, 2.24) is 0 Å². The second kappa shape index (κ2) is 2.92. The average Bonchev–Trinajstić information content (AvgIpc) is 2.20. The summed E-state index contributed by atoms with van der Waals surface area (Å²) in [5.41, 5.74) is 1.23. The molecule has 4 saturated carbocycles. The average molecular weight is 227 g/mol. The fourth-order valence-corrected chi connectivity index (χ4v) is 4.60. The van der Waals surface area contributed by atoms with Gasteiger partial charge < -0.3 is 4.89 Å². The second-order valence-corrected chi connectivity index (χ2v) is 6.02. The SMILES string of the molecule is ClC1OOC1=C1C2CC3CC(C2)CC1C3. The van der Waals surface area contributed by atoms with Crippen LogP contribution in [0.15, 0.2) is 11.3 Å². The van der Waals surface area contributed by atoms with Gasteiger partial charge in [0.25, 0.3) is 0 Å². The Morgan fingerprint density at radius 1 is 0.933 bits per heavy atom. The summed E-state index contributed by atoms with van der Waals surface area (Å²) in [5.74, 6) is 4.48. The Morgan fingerprint density at radius 3 is 1.93 bits per heavy atom. The summed E-state index contributed by atoms with van der Waals surface area (Å²) >= 11 is 6.00. The van der Waals surface area contributed by atoms with Crippen LogP contribution in [0.2, 0.25) is 0 Å². The van der Waals surface area contributed by atoms with Crippen molar-refractivity contribution in [2.75, 3.05) is 0 Å². The fraction of sp³-hybridized carbons (Fsp3) is 0.833. The van der Waals surface area contributed by atoms with Crippen LogP contribution in [0.25, 0.3) is 0 Å². The first-order valence-electron chi connectivity index (χ1n) is 6.02. The van der Waals surface area contributed by atoms with Gasteiger partial charge in [-0.3, -0.25) is 0 Å². The molecular formula is C12H15ClO2. The first kappa shape index (κ1) is 8.89. The van der Waals surface area contributed by atoms with E-state index in [4.69, 9.17) is 21.4 Å². The molecule has 5 fully saturated rings. The normalized spacial score (nSPS) is 51.7. The van der Waals surface area contributed by atoms with Gasteiger partial charge in [0.15, 0.2) is 5.76 Å². The molecule has 0 amide bonds. The molecule has 4 aliphatic carbocycles. The lowest BCUT2D eigenvalue weighted by Crippen LogP contribution is -2.43. The van der Waals surface area contributed by atoms with Gasteiger partial charge in [-0.25, -0.2) is 0 Å². The molecule has 5 aliphatic rings. The number of halogens is 1. The quantitative estimate of drug-likeness (QED) is 0.467. The maximum absolute atomic E-state index is 6.00. The lowest BCUT2D eigenvalue weighted by atomic mass is 9.54. The zero-order valence-electron chi connectivity index (χ0n) is 8.62. The van der Waals surface area contributed by atoms with Crippen molar-refractivity contribution < 1.29 is 9.78 Å². The summed E-state index contributed by atoms with van der Waals surface area (Å²) in [5, 5.41) is 0. The molecule has 0 aromatic rings. The molecule has 82 valence electrons. The van der Waals surface area contributed by atoms with Gasteiger partial charge in [-0.15, -0.1) is 0 Å². The fourth-order valence-electron chi connectivity index (χ4n) is 4.41. The van der Waals surface area contributed by atoms with Crippen LogP contribution in [-0.2, 0) is 9.78 Å². The van der Waals surface area contributed by atoms with E-state index in [1.165, 1.54) is 37.7 Å². The highest BCUT2D eigenvalue weighted by molar-refractivity contribution is 6.21. The topological polar surface area (TPSA) is 18.5 Å². The van der Waals surface area contributed by atoms with Crippen molar-refractivity contribution in [3.05, 3.63) is 11.3 Å². The molecule has 4 bridgehead atoms. The third kappa shape index (κ3) is 1.15. The Balaban J connectivity index is 1.73. The summed E-state index contributed by atoms with van der Waals surface area (Å²) < 4.78 is 0. The molecule has 0 aromatic heterocycles. The van der Waals surface area contributed by atoms with E-state index in [1.54, 1.807) is 0 Å². The van der Waals surface area contributed by atoms with Crippen molar-refractivity contribution in [3.63, 3.8) is 0 Å². The molecular weight excluding hydrogens is 212 g/mol. The van der Waals surface area contributed by atoms with Crippen LogP contribution in [0.3, 0.4) is 0 Å². The van der Waals surface area contributed by atoms with Crippen molar-refractivity contribution in [2.24, 2.45) is 23.7 Å². The van der Waals surface area contributed by atoms with E-state index in [2.05, 4.69) is 0 Å². The molecule has 3 heteroatoms. The molecule has 1 atom stereocenters. The van der Waals surface area contributed by atoms with Crippen molar-refractivity contribution >= 4 is 11.6 Å². The summed E-state index contributed by atoms with van der Waals surface area (Å²) in [6.45, 7) is 0. The molecule has 0 N–H and O–H groups in total. The Morgan fingerprint density at radius 2 is 1.53 bits per heavy atom. The first-order chi connectivity index (χ1) is 7.31. The maximum atomic E-state index is 6.00. The number of hydrogen-bond acceptors (Lipinski definition) is 2. The highest BCUT2D eigenvalue weighted by Gasteiger charge is 2.49. The maximum Gasteiger partial charge on any atom is 0.238 e. The number of hydrogen-bond donors (Lipinski definition) is 0. The third-order valence-corrected chi connectivity index (χ3v) is 5.00. The molecule has 2 nitrogen and oxygen atoms in total. The largest absolute Gasteiger partial charge is 0.336 e. The van der Waals surface area contributed by atoms with Crippen molar-refractivity contribution in [3.8, 4) is 0 Å². The molecule has 1 heterocycles. The Bertz CT molecular complexity index is 307. The predicted octanol–water partition coefficient (Wildman–Crippen LogP) is 3.22. The molecule has 5 rings (SSSR count). The van der Waals surface area contributed by atoms with Crippen molar-refractivity contribution in [1.29, 1.82) is 0 Å².